The van der Waals surface area contributed by atoms with Crippen LogP contribution in [0.1, 0.15) is 55.2 Å². The van der Waals surface area contributed by atoms with E-state index >= 15 is 0 Å². The molecule has 5 rings (SSSR count). The number of benzene rings is 2. The number of aryl methyl sites for hydroxylation is 1. The van der Waals surface area contributed by atoms with Gasteiger partial charge in [0.1, 0.15) is 0 Å². The zero-order chi connectivity index (χ0) is 25.6. The van der Waals surface area contributed by atoms with Crippen LogP contribution in [0, 0.1) is 18.8 Å². The van der Waals surface area contributed by atoms with E-state index in [-0.39, 0.29) is 11.8 Å². The van der Waals surface area contributed by atoms with Gasteiger partial charge in [-0.3, -0.25) is 14.6 Å². The van der Waals surface area contributed by atoms with Gasteiger partial charge in [0.2, 0.25) is 17.6 Å². The maximum absolute atomic E-state index is 12.9. The van der Waals surface area contributed by atoms with Crippen molar-refractivity contribution >= 4 is 5.91 Å². The highest BCUT2D eigenvalue weighted by Gasteiger charge is 2.26. The maximum Gasteiger partial charge on any atom is 0.241 e. The molecule has 7 heteroatoms. The lowest BCUT2D eigenvalue weighted by molar-refractivity contribution is -0.126. The first-order valence-electron chi connectivity index (χ1n) is 13.7. The molecular weight excluding hydrogens is 462 g/mol. The number of likely N-dealkylation sites (tertiary alicyclic amines) is 2. The number of carbonyl (C=O) groups excluding carboxylic acids is 1. The standard InChI is InChI=1S/C30H39N5O2/c1-22-6-8-26(9-7-22)29-32-28(37-33-29)21-35-16-12-27(13-17-35)30(36)31-19-24-4-3-5-25(18-24)20-34-14-10-23(2)11-15-34/h3-9,18,23,27H,10-17,19-21H2,1-2H3,(H,31,36). The minimum atomic E-state index is 0.0561. The highest BCUT2D eigenvalue weighted by atomic mass is 16.5. The Labute approximate surface area is 220 Å². The Morgan fingerprint density at radius 1 is 0.946 bits per heavy atom. The van der Waals surface area contributed by atoms with Gasteiger partial charge in [0.25, 0.3) is 0 Å². The van der Waals surface area contributed by atoms with E-state index < -0.39 is 0 Å². The minimum absolute atomic E-state index is 0.0561. The fraction of sp³-hybridized carbons (Fsp3) is 0.500. The van der Waals surface area contributed by atoms with E-state index in [4.69, 9.17) is 4.52 Å². The van der Waals surface area contributed by atoms with Crippen LogP contribution in [-0.2, 0) is 24.4 Å². The van der Waals surface area contributed by atoms with Crippen LogP contribution >= 0.6 is 0 Å². The lowest BCUT2D eigenvalue weighted by atomic mass is 9.95. The molecule has 2 aliphatic rings. The van der Waals surface area contributed by atoms with E-state index in [0.717, 1.165) is 44.0 Å². The Morgan fingerprint density at radius 3 is 2.38 bits per heavy atom. The largest absolute Gasteiger partial charge is 0.352 e. The van der Waals surface area contributed by atoms with Crippen LogP contribution in [-0.4, -0.2) is 52.0 Å². The van der Waals surface area contributed by atoms with Crippen LogP contribution < -0.4 is 5.32 Å². The summed E-state index contributed by atoms with van der Waals surface area (Å²) in [6.45, 7) is 10.7. The molecule has 0 atom stereocenters. The van der Waals surface area contributed by atoms with Crippen molar-refractivity contribution in [2.45, 2.75) is 59.2 Å². The zero-order valence-electron chi connectivity index (χ0n) is 22.2. The van der Waals surface area contributed by atoms with Crippen molar-refractivity contribution in [3.8, 4) is 11.4 Å². The second-order valence-corrected chi connectivity index (χ2v) is 10.9. The molecular formula is C30H39N5O2. The Morgan fingerprint density at radius 2 is 1.62 bits per heavy atom. The van der Waals surface area contributed by atoms with Crippen molar-refractivity contribution in [2.24, 2.45) is 11.8 Å². The Balaban J connectivity index is 1.05. The van der Waals surface area contributed by atoms with E-state index in [1.165, 1.54) is 42.6 Å². The quantitative estimate of drug-likeness (QED) is 0.478. The van der Waals surface area contributed by atoms with Gasteiger partial charge in [-0.05, 0) is 75.8 Å². The van der Waals surface area contributed by atoms with Crippen molar-refractivity contribution in [2.75, 3.05) is 26.2 Å². The third-order valence-corrected chi connectivity index (χ3v) is 7.84. The van der Waals surface area contributed by atoms with Gasteiger partial charge >= 0.3 is 0 Å². The van der Waals surface area contributed by atoms with Gasteiger partial charge in [-0.25, -0.2) is 0 Å². The van der Waals surface area contributed by atoms with Crippen molar-refractivity contribution in [1.82, 2.24) is 25.3 Å². The number of piperidine rings is 2. The van der Waals surface area contributed by atoms with Crippen LogP contribution in [0.15, 0.2) is 53.1 Å². The molecule has 1 aromatic heterocycles. The number of carbonyl (C=O) groups is 1. The lowest BCUT2D eigenvalue weighted by Gasteiger charge is -2.30. The predicted octanol–water partition coefficient (Wildman–Crippen LogP) is 4.81. The molecule has 2 aliphatic heterocycles. The van der Waals surface area contributed by atoms with E-state index in [2.05, 4.69) is 63.4 Å². The fourth-order valence-corrected chi connectivity index (χ4v) is 5.33. The lowest BCUT2D eigenvalue weighted by Crippen LogP contribution is -2.40. The summed E-state index contributed by atoms with van der Waals surface area (Å²) in [4.78, 5) is 22.3. The van der Waals surface area contributed by atoms with Gasteiger partial charge in [0.15, 0.2) is 0 Å². The second kappa shape index (κ2) is 12.0. The van der Waals surface area contributed by atoms with Crippen LogP contribution in [0.4, 0.5) is 0 Å². The summed E-state index contributed by atoms with van der Waals surface area (Å²) in [5.74, 6) is 2.31. The van der Waals surface area contributed by atoms with Gasteiger partial charge in [-0.15, -0.1) is 0 Å². The van der Waals surface area contributed by atoms with Crippen molar-refractivity contribution in [3.05, 3.63) is 71.1 Å². The van der Waals surface area contributed by atoms with E-state index in [0.29, 0.717) is 24.8 Å². The number of hydrogen-bond acceptors (Lipinski definition) is 6. The van der Waals surface area contributed by atoms with E-state index in [1.807, 2.05) is 24.3 Å². The van der Waals surface area contributed by atoms with Gasteiger partial charge in [0.05, 0.1) is 6.54 Å². The molecule has 0 spiro atoms. The summed E-state index contributed by atoms with van der Waals surface area (Å²) >= 11 is 0. The van der Waals surface area contributed by atoms with Crippen LogP contribution in [0.5, 0.6) is 0 Å². The van der Waals surface area contributed by atoms with Gasteiger partial charge in [-0.1, -0.05) is 66.2 Å². The van der Waals surface area contributed by atoms with Crippen LogP contribution in [0.3, 0.4) is 0 Å². The number of rotatable bonds is 8. The maximum atomic E-state index is 12.9. The minimum Gasteiger partial charge on any atom is -0.352 e. The van der Waals surface area contributed by atoms with Crippen molar-refractivity contribution in [3.63, 3.8) is 0 Å². The number of hydrogen-bond donors (Lipinski definition) is 1. The van der Waals surface area contributed by atoms with Gasteiger partial charge < -0.3 is 9.84 Å². The van der Waals surface area contributed by atoms with Crippen LogP contribution in [0.25, 0.3) is 11.4 Å². The molecule has 3 aromatic rings. The molecule has 0 bridgehead atoms. The average Bonchev–Trinajstić information content (AvgIpc) is 3.38. The number of nitrogens with zero attached hydrogens (tertiary/aromatic N) is 4. The van der Waals surface area contributed by atoms with Crippen molar-refractivity contribution in [1.29, 1.82) is 0 Å². The monoisotopic (exact) mass is 501 g/mol. The summed E-state index contributed by atoms with van der Waals surface area (Å²) in [6, 6.07) is 16.8. The smallest absolute Gasteiger partial charge is 0.241 e. The molecule has 7 nitrogen and oxygen atoms in total. The summed E-state index contributed by atoms with van der Waals surface area (Å²) in [6.07, 6.45) is 4.27. The predicted molar refractivity (Wildman–Crippen MR) is 144 cm³/mol. The average molecular weight is 502 g/mol. The Bertz CT molecular complexity index is 1160. The first-order chi connectivity index (χ1) is 18.0. The highest BCUT2D eigenvalue weighted by Crippen LogP contribution is 2.22. The topological polar surface area (TPSA) is 74.5 Å². The van der Waals surface area contributed by atoms with Crippen molar-refractivity contribution < 1.29 is 9.32 Å². The number of aromatic nitrogens is 2. The number of amides is 1. The first-order valence-corrected chi connectivity index (χ1v) is 13.7. The fourth-order valence-electron chi connectivity index (χ4n) is 5.33. The molecule has 2 fully saturated rings. The normalized spacial score (nSPS) is 18.2. The molecule has 0 unspecified atom stereocenters. The molecule has 1 amide bonds. The number of nitrogens with one attached hydrogen (secondary N) is 1. The van der Waals surface area contributed by atoms with E-state index in [1.54, 1.807) is 0 Å². The molecule has 196 valence electrons. The first kappa shape index (κ1) is 25.6. The van der Waals surface area contributed by atoms with Gasteiger partial charge in [0, 0.05) is 24.6 Å². The summed E-state index contributed by atoms with van der Waals surface area (Å²) in [7, 11) is 0. The molecule has 0 radical (unpaired) electrons. The Kier molecular flexibility index (Phi) is 8.31. The molecule has 0 saturated carbocycles. The summed E-state index contributed by atoms with van der Waals surface area (Å²) in [5, 5.41) is 7.32. The molecule has 1 N–H and O–H groups in total. The Hall–Kier alpha value is -3.03. The highest BCUT2D eigenvalue weighted by molar-refractivity contribution is 5.78. The molecule has 2 aromatic carbocycles. The third kappa shape index (κ3) is 7.05. The van der Waals surface area contributed by atoms with E-state index in [9.17, 15) is 4.79 Å². The second-order valence-electron chi connectivity index (χ2n) is 10.9. The third-order valence-electron chi connectivity index (χ3n) is 7.84. The molecule has 0 aliphatic carbocycles. The van der Waals surface area contributed by atoms with Gasteiger partial charge in [-0.2, -0.15) is 4.98 Å². The zero-order valence-corrected chi connectivity index (χ0v) is 22.2. The molecule has 37 heavy (non-hydrogen) atoms. The SMILES string of the molecule is Cc1ccc(-c2noc(CN3CCC(C(=O)NCc4cccc(CN5CCC(C)CC5)c4)CC3)n2)cc1. The molecule has 2 saturated heterocycles. The molecule has 3 heterocycles. The summed E-state index contributed by atoms with van der Waals surface area (Å²) in [5.41, 5.74) is 4.67. The summed E-state index contributed by atoms with van der Waals surface area (Å²) < 4.78 is 5.49. The van der Waals surface area contributed by atoms with Crippen LogP contribution in [0.2, 0.25) is 0 Å².